The third-order valence-corrected chi connectivity index (χ3v) is 9.40. The highest BCUT2D eigenvalue weighted by atomic mass is 16.3. The fraction of sp³-hybridized carbons (Fsp3) is 0.704. The molecule has 1 saturated carbocycles. The standard InChI is InChI=1S/C27H39NO2/c1-15-11-25(30)26(28-14-15)17(3)20-7-8-21-22-6-5-18-12-19(29)9-10-27(18,4)24(22)13-23(21)16(20)2/h5,7-8,15,17,19,22,24-26,28-30H,6,9-14H2,1-4H3/t15-,17-,19-,22?,24?,25+,26-,27-/m0/s1. The summed E-state index contributed by atoms with van der Waals surface area (Å²) in [4.78, 5) is 0. The van der Waals surface area contributed by atoms with Gasteiger partial charge in [0.15, 0.2) is 0 Å². The number of allylic oxidation sites excluding steroid dienone is 1. The highest BCUT2D eigenvalue weighted by molar-refractivity contribution is 5.49. The molecule has 0 amide bonds. The first kappa shape index (κ1) is 20.7. The van der Waals surface area contributed by atoms with E-state index in [1.54, 1.807) is 11.1 Å². The normalized spacial score (nSPS) is 41.5. The van der Waals surface area contributed by atoms with Gasteiger partial charge in [0.1, 0.15) is 0 Å². The summed E-state index contributed by atoms with van der Waals surface area (Å²) < 4.78 is 0. The second-order valence-corrected chi connectivity index (χ2v) is 11.2. The fourth-order valence-electron chi connectivity index (χ4n) is 7.49. The largest absolute Gasteiger partial charge is 0.393 e. The van der Waals surface area contributed by atoms with Crippen molar-refractivity contribution in [3.05, 3.63) is 46.0 Å². The molecule has 8 atom stereocenters. The third-order valence-electron chi connectivity index (χ3n) is 9.40. The first-order valence-corrected chi connectivity index (χ1v) is 12.2. The number of benzene rings is 1. The Kier molecular flexibility index (Phi) is 5.16. The van der Waals surface area contributed by atoms with Gasteiger partial charge in [-0.15, -0.1) is 0 Å². The van der Waals surface area contributed by atoms with Crippen LogP contribution in [0, 0.1) is 24.2 Å². The van der Waals surface area contributed by atoms with Crippen LogP contribution in [0.2, 0.25) is 0 Å². The summed E-state index contributed by atoms with van der Waals surface area (Å²) in [5.41, 5.74) is 7.79. The summed E-state index contributed by atoms with van der Waals surface area (Å²) in [5, 5.41) is 24.6. The van der Waals surface area contributed by atoms with Gasteiger partial charge in [0.05, 0.1) is 12.2 Å². The maximum atomic E-state index is 10.7. The van der Waals surface area contributed by atoms with Gasteiger partial charge in [0.25, 0.3) is 0 Å². The average molecular weight is 410 g/mol. The number of fused-ring (bicyclic) bond motifs is 5. The lowest BCUT2D eigenvalue weighted by molar-refractivity contribution is 0.0656. The Bertz CT molecular complexity index is 861. The van der Waals surface area contributed by atoms with E-state index in [1.807, 2.05) is 0 Å². The lowest BCUT2D eigenvalue weighted by Crippen LogP contribution is -2.50. The van der Waals surface area contributed by atoms with Gasteiger partial charge in [-0.25, -0.2) is 0 Å². The van der Waals surface area contributed by atoms with Gasteiger partial charge in [-0.3, -0.25) is 0 Å². The number of aliphatic hydroxyl groups is 2. The molecule has 1 saturated heterocycles. The zero-order valence-corrected chi connectivity index (χ0v) is 19.1. The summed E-state index contributed by atoms with van der Waals surface area (Å²) in [7, 11) is 0. The number of piperidine rings is 1. The van der Waals surface area contributed by atoms with Crippen molar-refractivity contribution in [3.63, 3.8) is 0 Å². The van der Waals surface area contributed by atoms with Gasteiger partial charge in [-0.2, -0.15) is 0 Å². The minimum absolute atomic E-state index is 0.143. The third kappa shape index (κ3) is 3.12. The van der Waals surface area contributed by atoms with Crippen LogP contribution >= 0.6 is 0 Å². The van der Waals surface area contributed by atoms with Crippen LogP contribution in [0.15, 0.2) is 23.8 Å². The molecule has 1 heterocycles. The van der Waals surface area contributed by atoms with Crippen molar-refractivity contribution in [3.8, 4) is 0 Å². The van der Waals surface area contributed by atoms with Crippen molar-refractivity contribution in [2.24, 2.45) is 17.3 Å². The van der Waals surface area contributed by atoms with Crippen molar-refractivity contribution >= 4 is 0 Å². The van der Waals surface area contributed by atoms with Crippen molar-refractivity contribution in [1.82, 2.24) is 5.32 Å². The lowest BCUT2D eigenvalue weighted by Gasteiger charge is -2.48. The van der Waals surface area contributed by atoms with E-state index >= 15 is 0 Å². The molecule has 1 aromatic rings. The van der Waals surface area contributed by atoms with Gasteiger partial charge in [-0.05, 0) is 103 Å². The summed E-state index contributed by atoms with van der Waals surface area (Å²) in [5.74, 6) is 2.16. The Hall–Kier alpha value is -1.16. The van der Waals surface area contributed by atoms with Crippen molar-refractivity contribution in [2.75, 3.05) is 6.54 Å². The smallest absolute Gasteiger partial charge is 0.0702 e. The highest BCUT2D eigenvalue weighted by Crippen LogP contribution is 2.60. The summed E-state index contributed by atoms with van der Waals surface area (Å²) >= 11 is 0. The molecule has 1 aliphatic heterocycles. The van der Waals surface area contributed by atoms with Crippen LogP contribution < -0.4 is 5.32 Å². The van der Waals surface area contributed by atoms with Crippen molar-refractivity contribution in [2.45, 2.75) is 96.3 Å². The molecule has 2 fully saturated rings. The van der Waals surface area contributed by atoms with E-state index in [-0.39, 0.29) is 23.7 Å². The molecule has 2 unspecified atom stereocenters. The Morgan fingerprint density at radius 2 is 2.00 bits per heavy atom. The molecule has 0 bridgehead atoms. The molecule has 3 heteroatoms. The molecule has 0 radical (unpaired) electrons. The van der Waals surface area contributed by atoms with Gasteiger partial charge < -0.3 is 15.5 Å². The first-order valence-electron chi connectivity index (χ1n) is 12.2. The summed E-state index contributed by atoms with van der Waals surface area (Å²) in [6, 6.07) is 4.92. The molecule has 1 aromatic carbocycles. The number of rotatable bonds is 2. The van der Waals surface area contributed by atoms with Crippen LogP contribution in [0.5, 0.6) is 0 Å². The van der Waals surface area contributed by atoms with E-state index < -0.39 is 0 Å². The Morgan fingerprint density at radius 1 is 1.20 bits per heavy atom. The Balaban J connectivity index is 1.44. The average Bonchev–Trinajstić information content (AvgIpc) is 3.09. The molecule has 0 spiro atoms. The van der Waals surface area contributed by atoms with E-state index in [2.05, 4.69) is 51.2 Å². The van der Waals surface area contributed by atoms with Crippen LogP contribution in [-0.4, -0.2) is 35.0 Å². The van der Waals surface area contributed by atoms with Crippen LogP contribution in [0.4, 0.5) is 0 Å². The van der Waals surface area contributed by atoms with Crippen LogP contribution in [0.3, 0.4) is 0 Å². The summed E-state index contributed by atoms with van der Waals surface area (Å²) in [6.07, 6.45) is 8.20. The molecular formula is C27H39NO2. The van der Waals surface area contributed by atoms with E-state index in [9.17, 15) is 10.2 Å². The fourth-order valence-corrected chi connectivity index (χ4v) is 7.49. The number of aliphatic hydroxyl groups excluding tert-OH is 2. The molecular weight excluding hydrogens is 370 g/mol. The van der Waals surface area contributed by atoms with Crippen molar-refractivity contribution < 1.29 is 10.2 Å². The number of hydrogen-bond donors (Lipinski definition) is 3. The molecule has 3 nitrogen and oxygen atoms in total. The second-order valence-electron chi connectivity index (χ2n) is 11.2. The topological polar surface area (TPSA) is 52.5 Å². The van der Waals surface area contributed by atoms with Gasteiger partial charge in [-0.1, -0.05) is 44.6 Å². The zero-order valence-electron chi connectivity index (χ0n) is 19.1. The summed E-state index contributed by atoms with van der Waals surface area (Å²) in [6.45, 7) is 10.3. The predicted molar refractivity (Wildman–Crippen MR) is 122 cm³/mol. The Labute approximate surface area is 182 Å². The number of hydrogen-bond acceptors (Lipinski definition) is 3. The number of nitrogens with one attached hydrogen (secondary N) is 1. The SMILES string of the molecule is Cc1c([C@H](C)[C@@H]2NC[C@@H](C)C[C@H]2O)ccc2c1CC1C2CC=C2C[C@@H](O)CC[C@@]21C. The predicted octanol–water partition coefficient (Wildman–Crippen LogP) is 4.59. The van der Waals surface area contributed by atoms with Crippen LogP contribution in [0.25, 0.3) is 0 Å². The van der Waals surface area contributed by atoms with Gasteiger partial charge in [0.2, 0.25) is 0 Å². The molecule has 4 aliphatic rings. The lowest BCUT2D eigenvalue weighted by atomic mass is 9.57. The molecule has 3 aliphatic carbocycles. The van der Waals surface area contributed by atoms with E-state index in [1.165, 1.54) is 23.1 Å². The Morgan fingerprint density at radius 3 is 2.77 bits per heavy atom. The second kappa shape index (κ2) is 7.46. The zero-order chi connectivity index (χ0) is 21.2. The van der Waals surface area contributed by atoms with Crippen LogP contribution in [-0.2, 0) is 6.42 Å². The maximum Gasteiger partial charge on any atom is 0.0702 e. The minimum atomic E-state index is -0.265. The molecule has 30 heavy (non-hydrogen) atoms. The van der Waals surface area contributed by atoms with E-state index in [0.29, 0.717) is 23.7 Å². The van der Waals surface area contributed by atoms with E-state index in [0.717, 1.165) is 38.6 Å². The highest BCUT2D eigenvalue weighted by Gasteiger charge is 2.50. The van der Waals surface area contributed by atoms with E-state index in [4.69, 9.17) is 0 Å². The molecule has 0 aromatic heterocycles. The molecule has 3 N–H and O–H groups in total. The van der Waals surface area contributed by atoms with Gasteiger partial charge >= 0.3 is 0 Å². The first-order chi connectivity index (χ1) is 14.3. The molecule has 5 rings (SSSR count). The van der Waals surface area contributed by atoms with Crippen molar-refractivity contribution in [1.29, 1.82) is 0 Å². The quantitative estimate of drug-likeness (QED) is 0.626. The maximum absolute atomic E-state index is 10.7. The molecule has 164 valence electrons. The van der Waals surface area contributed by atoms with Gasteiger partial charge in [0, 0.05) is 6.04 Å². The monoisotopic (exact) mass is 409 g/mol. The van der Waals surface area contributed by atoms with Crippen LogP contribution in [0.1, 0.15) is 87.0 Å². The minimum Gasteiger partial charge on any atom is -0.393 e.